The van der Waals surface area contributed by atoms with Gasteiger partial charge < -0.3 is 14.6 Å². The molecule has 1 amide bonds. The van der Waals surface area contributed by atoms with Gasteiger partial charge in [0.25, 0.3) is 5.91 Å². The van der Waals surface area contributed by atoms with Crippen LogP contribution >= 0.6 is 11.6 Å². The molecule has 164 valence electrons. The summed E-state index contributed by atoms with van der Waals surface area (Å²) < 4.78 is 7.73. The third-order valence-electron chi connectivity index (χ3n) is 6.00. The molecule has 0 aliphatic carbocycles. The SMILES string of the molecule is Cc1cc(OCC(=O)Nc2ccc3c(c2)nc(CN2CCC(C)CC2)n3C)ccc1Cl. The molecule has 31 heavy (non-hydrogen) atoms. The molecule has 0 atom stereocenters. The third kappa shape index (κ3) is 5.20. The van der Waals surface area contributed by atoms with E-state index in [1.165, 1.54) is 12.8 Å². The molecular formula is C24H29ClN4O2. The van der Waals surface area contributed by atoms with Gasteiger partial charge in [-0.05, 0) is 80.7 Å². The Kier molecular flexibility index (Phi) is 6.49. The fourth-order valence-corrected chi connectivity index (χ4v) is 4.06. The maximum atomic E-state index is 12.3. The number of nitrogens with one attached hydrogen (secondary N) is 1. The lowest BCUT2D eigenvalue weighted by Crippen LogP contribution is -2.33. The molecule has 4 rings (SSSR count). The number of ether oxygens (including phenoxy) is 1. The van der Waals surface area contributed by atoms with Crippen molar-refractivity contribution >= 4 is 34.2 Å². The summed E-state index contributed by atoms with van der Waals surface area (Å²) in [6.45, 7) is 7.26. The lowest BCUT2D eigenvalue weighted by Gasteiger charge is -2.29. The van der Waals surface area contributed by atoms with E-state index in [1.54, 1.807) is 12.1 Å². The quantitative estimate of drug-likeness (QED) is 0.599. The molecule has 6 nitrogen and oxygen atoms in total. The number of likely N-dealkylation sites (tertiary alicyclic amines) is 1. The van der Waals surface area contributed by atoms with Crippen LogP contribution in [0.4, 0.5) is 5.69 Å². The molecule has 1 fully saturated rings. The fraction of sp³-hybridized carbons (Fsp3) is 0.417. The van der Waals surface area contributed by atoms with Gasteiger partial charge in [-0.25, -0.2) is 4.98 Å². The Balaban J connectivity index is 1.39. The van der Waals surface area contributed by atoms with Crippen LogP contribution in [0, 0.1) is 12.8 Å². The van der Waals surface area contributed by atoms with Gasteiger partial charge >= 0.3 is 0 Å². The number of aromatic nitrogens is 2. The van der Waals surface area contributed by atoms with E-state index in [-0.39, 0.29) is 12.5 Å². The Morgan fingerprint density at radius 2 is 2.00 bits per heavy atom. The van der Waals surface area contributed by atoms with Crippen LogP contribution < -0.4 is 10.1 Å². The number of aryl methyl sites for hydroxylation is 2. The molecule has 2 heterocycles. The lowest BCUT2D eigenvalue weighted by atomic mass is 9.99. The van der Waals surface area contributed by atoms with E-state index in [4.69, 9.17) is 21.3 Å². The van der Waals surface area contributed by atoms with Gasteiger partial charge in [0.2, 0.25) is 0 Å². The molecule has 3 aromatic rings. The lowest BCUT2D eigenvalue weighted by molar-refractivity contribution is -0.118. The fourth-order valence-electron chi connectivity index (χ4n) is 3.94. The van der Waals surface area contributed by atoms with Crippen LogP contribution in [0.1, 0.15) is 31.2 Å². The molecule has 7 heteroatoms. The predicted octanol–water partition coefficient (Wildman–Crippen LogP) is 4.78. The van der Waals surface area contributed by atoms with Crippen molar-refractivity contribution in [3.8, 4) is 5.75 Å². The molecule has 0 bridgehead atoms. The summed E-state index contributed by atoms with van der Waals surface area (Å²) in [5.41, 5.74) is 3.57. The van der Waals surface area contributed by atoms with Crippen LogP contribution in [0.3, 0.4) is 0 Å². The van der Waals surface area contributed by atoms with Crippen LogP contribution in [0.15, 0.2) is 36.4 Å². The van der Waals surface area contributed by atoms with E-state index < -0.39 is 0 Å². The zero-order chi connectivity index (χ0) is 22.0. The number of amides is 1. The summed E-state index contributed by atoms with van der Waals surface area (Å²) in [5, 5.41) is 3.57. The van der Waals surface area contributed by atoms with Gasteiger partial charge in [-0.15, -0.1) is 0 Å². The molecule has 2 aromatic carbocycles. The van der Waals surface area contributed by atoms with Crippen molar-refractivity contribution in [3.05, 3.63) is 52.8 Å². The standard InChI is InChI=1S/C24H29ClN4O2/c1-16-8-10-29(11-9-16)14-23-27-21-13-18(4-7-22(21)28(23)3)26-24(30)15-31-19-5-6-20(25)17(2)12-19/h4-7,12-13,16H,8-11,14-15H2,1-3H3,(H,26,30). The second-order valence-electron chi connectivity index (χ2n) is 8.50. The average molecular weight is 441 g/mol. The van der Waals surface area contributed by atoms with Gasteiger partial charge in [0.1, 0.15) is 11.6 Å². The number of piperidine rings is 1. The summed E-state index contributed by atoms with van der Waals surface area (Å²) in [5.74, 6) is 2.27. The molecule has 1 aliphatic rings. The van der Waals surface area contributed by atoms with Crippen LogP contribution in [-0.2, 0) is 18.4 Å². The molecule has 1 aliphatic heterocycles. The number of hydrogen-bond acceptors (Lipinski definition) is 4. The van der Waals surface area contributed by atoms with Crippen LogP contribution in [0.25, 0.3) is 11.0 Å². The smallest absolute Gasteiger partial charge is 0.262 e. The normalized spacial score (nSPS) is 15.4. The second-order valence-corrected chi connectivity index (χ2v) is 8.90. The van der Waals surface area contributed by atoms with Crippen LogP contribution in [0.2, 0.25) is 5.02 Å². The molecule has 0 unspecified atom stereocenters. The Labute approximate surface area is 188 Å². The Hall–Kier alpha value is -2.57. The van der Waals surface area contributed by atoms with Crippen molar-refractivity contribution < 1.29 is 9.53 Å². The molecule has 0 radical (unpaired) electrons. The van der Waals surface area contributed by atoms with E-state index in [1.807, 2.05) is 31.2 Å². The van der Waals surface area contributed by atoms with Crippen molar-refractivity contribution in [1.82, 2.24) is 14.5 Å². The topological polar surface area (TPSA) is 59.4 Å². The van der Waals surface area contributed by atoms with Crippen LogP contribution in [0.5, 0.6) is 5.75 Å². The van der Waals surface area contributed by atoms with Crippen molar-refractivity contribution in [1.29, 1.82) is 0 Å². The zero-order valence-electron chi connectivity index (χ0n) is 18.3. The van der Waals surface area contributed by atoms with E-state index in [0.717, 1.165) is 48.0 Å². The number of nitrogens with zero attached hydrogens (tertiary/aromatic N) is 3. The van der Waals surface area contributed by atoms with E-state index >= 15 is 0 Å². The van der Waals surface area contributed by atoms with Gasteiger partial charge in [-0.1, -0.05) is 18.5 Å². The van der Waals surface area contributed by atoms with Crippen LogP contribution in [-0.4, -0.2) is 40.1 Å². The first-order chi connectivity index (χ1) is 14.9. The van der Waals surface area contributed by atoms with E-state index in [0.29, 0.717) is 16.5 Å². The summed E-state index contributed by atoms with van der Waals surface area (Å²) in [6.07, 6.45) is 2.50. The Morgan fingerprint density at radius 1 is 1.23 bits per heavy atom. The van der Waals surface area contributed by atoms with Crippen molar-refractivity contribution in [2.45, 2.75) is 33.2 Å². The number of rotatable bonds is 6. The Morgan fingerprint density at radius 3 is 2.74 bits per heavy atom. The molecule has 1 aromatic heterocycles. The minimum absolute atomic E-state index is 0.0695. The largest absolute Gasteiger partial charge is 0.484 e. The number of carbonyl (C=O) groups is 1. The highest BCUT2D eigenvalue weighted by molar-refractivity contribution is 6.31. The summed E-state index contributed by atoms with van der Waals surface area (Å²) in [4.78, 5) is 19.6. The molecule has 0 spiro atoms. The highest BCUT2D eigenvalue weighted by Gasteiger charge is 2.18. The molecule has 1 N–H and O–H groups in total. The number of imidazole rings is 1. The van der Waals surface area contributed by atoms with E-state index in [2.05, 4.69) is 28.8 Å². The number of halogens is 1. The number of benzene rings is 2. The van der Waals surface area contributed by atoms with Gasteiger partial charge in [0, 0.05) is 17.8 Å². The first-order valence-corrected chi connectivity index (χ1v) is 11.1. The van der Waals surface area contributed by atoms with Gasteiger partial charge in [0.15, 0.2) is 6.61 Å². The first-order valence-electron chi connectivity index (χ1n) is 10.8. The number of hydrogen-bond donors (Lipinski definition) is 1. The summed E-state index contributed by atoms with van der Waals surface area (Å²) in [7, 11) is 2.05. The maximum Gasteiger partial charge on any atom is 0.262 e. The number of fused-ring (bicyclic) bond motifs is 1. The minimum Gasteiger partial charge on any atom is -0.484 e. The summed E-state index contributed by atoms with van der Waals surface area (Å²) >= 11 is 6.03. The van der Waals surface area contributed by atoms with Crippen molar-refractivity contribution in [2.24, 2.45) is 13.0 Å². The second kappa shape index (κ2) is 9.28. The van der Waals surface area contributed by atoms with E-state index in [9.17, 15) is 4.79 Å². The first kappa shape index (κ1) is 21.7. The molecule has 1 saturated heterocycles. The maximum absolute atomic E-state index is 12.3. The van der Waals surface area contributed by atoms with Gasteiger partial charge in [0.05, 0.1) is 17.6 Å². The zero-order valence-corrected chi connectivity index (χ0v) is 19.1. The van der Waals surface area contributed by atoms with Crippen molar-refractivity contribution in [2.75, 3.05) is 25.0 Å². The van der Waals surface area contributed by atoms with Gasteiger partial charge in [-0.3, -0.25) is 9.69 Å². The molecule has 0 saturated carbocycles. The van der Waals surface area contributed by atoms with Crippen molar-refractivity contribution in [3.63, 3.8) is 0 Å². The molecular weight excluding hydrogens is 412 g/mol. The predicted molar refractivity (Wildman–Crippen MR) is 125 cm³/mol. The highest BCUT2D eigenvalue weighted by atomic mass is 35.5. The third-order valence-corrected chi connectivity index (χ3v) is 6.42. The average Bonchev–Trinajstić information content (AvgIpc) is 3.05. The highest BCUT2D eigenvalue weighted by Crippen LogP contribution is 2.23. The summed E-state index contributed by atoms with van der Waals surface area (Å²) in [6, 6.07) is 11.2. The Bertz CT molecular complexity index is 1090. The van der Waals surface area contributed by atoms with Gasteiger partial charge in [-0.2, -0.15) is 0 Å². The minimum atomic E-state index is -0.217. The number of carbonyl (C=O) groups excluding carboxylic acids is 1. The number of anilines is 1. The monoisotopic (exact) mass is 440 g/mol.